The topological polar surface area (TPSA) is 44.5 Å². The first-order chi connectivity index (χ1) is 9.15. The molecular weight excluding hydrogens is 238 g/mol. The quantitative estimate of drug-likeness (QED) is 0.698. The van der Waals surface area contributed by atoms with E-state index in [4.69, 9.17) is 15.2 Å². The first-order valence-corrected chi connectivity index (χ1v) is 7.13. The molecule has 0 saturated carbocycles. The van der Waals surface area contributed by atoms with E-state index in [0.717, 1.165) is 13.0 Å². The second kappa shape index (κ2) is 9.08. The molecule has 1 atom stereocenters. The summed E-state index contributed by atoms with van der Waals surface area (Å²) in [6, 6.07) is 6.29. The van der Waals surface area contributed by atoms with Crippen molar-refractivity contribution in [2.45, 2.75) is 39.7 Å². The number of unbranched alkanes of at least 4 members (excludes halogenated alkanes) is 1. The van der Waals surface area contributed by atoms with Gasteiger partial charge in [-0.05, 0) is 31.4 Å². The SMILES string of the molecule is CCCCOCCOCC(N)c1cc(C)ccc1C. The van der Waals surface area contributed by atoms with E-state index in [9.17, 15) is 0 Å². The van der Waals surface area contributed by atoms with Crippen LogP contribution in [0.5, 0.6) is 0 Å². The maximum Gasteiger partial charge on any atom is 0.0701 e. The average Bonchev–Trinajstić information content (AvgIpc) is 2.40. The van der Waals surface area contributed by atoms with Gasteiger partial charge in [-0.2, -0.15) is 0 Å². The number of rotatable bonds is 9. The van der Waals surface area contributed by atoms with Gasteiger partial charge in [0.25, 0.3) is 0 Å². The maximum absolute atomic E-state index is 6.16. The highest BCUT2D eigenvalue weighted by Gasteiger charge is 2.09. The van der Waals surface area contributed by atoms with E-state index >= 15 is 0 Å². The van der Waals surface area contributed by atoms with Gasteiger partial charge in [0.15, 0.2) is 0 Å². The first kappa shape index (κ1) is 16.2. The Labute approximate surface area is 117 Å². The molecule has 0 spiro atoms. The van der Waals surface area contributed by atoms with E-state index in [1.807, 2.05) is 0 Å². The zero-order chi connectivity index (χ0) is 14.1. The normalized spacial score (nSPS) is 12.6. The van der Waals surface area contributed by atoms with Gasteiger partial charge in [0.05, 0.1) is 25.9 Å². The molecule has 2 N–H and O–H groups in total. The third-order valence-corrected chi connectivity index (χ3v) is 3.15. The summed E-state index contributed by atoms with van der Waals surface area (Å²) >= 11 is 0. The molecule has 0 amide bonds. The molecule has 3 nitrogen and oxygen atoms in total. The first-order valence-electron chi connectivity index (χ1n) is 7.13. The van der Waals surface area contributed by atoms with Gasteiger partial charge in [0.2, 0.25) is 0 Å². The van der Waals surface area contributed by atoms with Crippen molar-refractivity contribution in [3.63, 3.8) is 0 Å². The fourth-order valence-electron chi connectivity index (χ4n) is 1.93. The van der Waals surface area contributed by atoms with Gasteiger partial charge < -0.3 is 15.2 Å². The Morgan fingerprint density at radius 3 is 2.58 bits per heavy atom. The Balaban J connectivity index is 2.23. The van der Waals surface area contributed by atoms with Crippen molar-refractivity contribution in [2.75, 3.05) is 26.4 Å². The highest BCUT2D eigenvalue weighted by atomic mass is 16.5. The summed E-state index contributed by atoms with van der Waals surface area (Å²) in [7, 11) is 0. The molecule has 3 heteroatoms. The minimum atomic E-state index is -0.0597. The molecule has 0 aliphatic rings. The number of benzene rings is 1. The summed E-state index contributed by atoms with van der Waals surface area (Å²) in [6.07, 6.45) is 2.28. The number of aryl methyl sites for hydroxylation is 2. The molecule has 19 heavy (non-hydrogen) atoms. The Morgan fingerprint density at radius 2 is 1.84 bits per heavy atom. The fourth-order valence-corrected chi connectivity index (χ4v) is 1.93. The third kappa shape index (κ3) is 6.19. The lowest BCUT2D eigenvalue weighted by atomic mass is 10.00. The summed E-state index contributed by atoms with van der Waals surface area (Å²) in [5.74, 6) is 0. The molecule has 0 saturated heterocycles. The van der Waals surface area contributed by atoms with Crippen molar-refractivity contribution in [3.8, 4) is 0 Å². The van der Waals surface area contributed by atoms with E-state index in [2.05, 4.69) is 39.0 Å². The van der Waals surface area contributed by atoms with Crippen LogP contribution in [-0.4, -0.2) is 26.4 Å². The fraction of sp³-hybridized carbons (Fsp3) is 0.625. The van der Waals surface area contributed by atoms with Crippen molar-refractivity contribution in [1.29, 1.82) is 0 Å². The summed E-state index contributed by atoms with van der Waals surface area (Å²) in [5, 5.41) is 0. The smallest absolute Gasteiger partial charge is 0.0701 e. The Hall–Kier alpha value is -0.900. The molecule has 0 heterocycles. The van der Waals surface area contributed by atoms with Crippen molar-refractivity contribution >= 4 is 0 Å². The Bertz CT molecular complexity index is 366. The average molecular weight is 265 g/mol. The summed E-state index contributed by atoms with van der Waals surface area (Å²) in [6.45, 7) is 8.95. The van der Waals surface area contributed by atoms with Gasteiger partial charge in [-0.1, -0.05) is 37.1 Å². The van der Waals surface area contributed by atoms with Crippen molar-refractivity contribution in [2.24, 2.45) is 5.73 Å². The Morgan fingerprint density at radius 1 is 1.11 bits per heavy atom. The van der Waals surface area contributed by atoms with Crippen LogP contribution in [0.4, 0.5) is 0 Å². The molecule has 0 radical (unpaired) electrons. The molecule has 1 unspecified atom stereocenters. The van der Waals surface area contributed by atoms with Crippen LogP contribution in [0.1, 0.15) is 42.5 Å². The zero-order valence-electron chi connectivity index (χ0n) is 12.4. The summed E-state index contributed by atoms with van der Waals surface area (Å²) < 4.78 is 11.0. The van der Waals surface area contributed by atoms with Crippen molar-refractivity contribution < 1.29 is 9.47 Å². The number of ether oxygens (including phenoxy) is 2. The standard InChI is InChI=1S/C16H27NO2/c1-4-5-8-18-9-10-19-12-16(17)15-11-13(2)6-7-14(15)3/h6-7,11,16H,4-5,8-10,12,17H2,1-3H3. The van der Waals surface area contributed by atoms with E-state index in [-0.39, 0.29) is 6.04 Å². The lowest BCUT2D eigenvalue weighted by Gasteiger charge is -2.16. The van der Waals surface area contributed by atoms with Crippen LogP contribution in [0, 0.1) is 13.8 Å². The second-order valence-corrected chi connectivity index (χ2v) is 5.01. The molecular formula is C16H27NO2. The lowest BCUT2D eigenvalue weighted by Crippen LogP contribution is -2.19. The predicted octanol–water partition coefficient (Wildman–Crippen LogP) is 3.14. The van der Waals surface area contributed by atoms with E-state index in [0.29, 0.717) is 19.8 Å². The van der Waals surface area contributed by atoms with Gasteiger partial charge in [-0.15, -0.1) is 0 Å². The molecule has 108 valence electrons. The van der Waals surface area contributed by atoms with Gasteiger partial charge in [0.1, 0.15) is 0 Å². The highest BCUT2D eigenvalue weighted by Crippen LogP contribution is 2.17. The van der Waals surface area contributed by atoms with Crippen LogP contribution in [-0.2, 0) is 9.47 Å². The minimum Gasteiger partial charge on any atom is -0.379 e. The molecule has 0 aliphatic heterocycles. The monoisotopic (exact) mass is 265 g/mol. The van der Waals surface area contributed by atoms with E-state index in [1.54, 1.807) is 0 Å². The van der Waals surface area contributed by atoms with Gasteiger partial charge >= 0.3 is 0 Å². The third-order valence-electron chi connectivity index (χ3n) is 3.15. The van der Waals surface area contributed by atoms with Crippen LogP contribution in [0.15, 0.2) is 18.2 Å². The molecule has 1 aromatic rings. The minimum absolute atomic E-state index is 0.0597. The van der Waals surface area contributed by atoms with E-state index in [1.165, 1.54) is 23.1 Å². The predicted molar refractivity (Wildman–Crippen MR) is 79.4 cm³/mol. The van der Waals surface area contributed by atoms with Crippen LogP contribution >= 0.6 is 0 Å². The van der Waals surface area contributed by atoms with Crippen molar-refractivity contribution in [1.82, 2.24) is 0 Å². The molecule has 0 fully saturated rings. The molecule has 0 aromatic heterocycles. The Kier molecular flexibility index (Phi) is 7.72. The highest BCUT2D eigenvalue weighted by molar-refractivity contribution is 5.32. The van der Waals surface area contributed by atoms with Crippen LogP contribution in [0.2, 0.25) is 0 Å². The number of nitrogens with two attached hydrogens (primary N) is 1. The van der Waals surface area contributed by atoms with Gasteiger partial charge in [-0.3, -0.25) is 0 Å². The number of hydrogen-bond donors (Lipinski definition) is 1. The molecule has 0 aliphatic carbocycles. The lowest BCUT2D eigenvalue weighted by molar-refractivity contribution is 0.0416. The van der Waals surface area contributed by atoms with Gasteiger partial charge in [0, 0.05) is 6.61 Å². The molecule has 0 bridgehead atoms. The van der Waals surface area contributed by atoms with E-state index < -0.39 is 0 Å². The maximum atomic E-state index is 6.16. The van der Waals surface area contributed by atoms with Crippen LogP contribution in [0.25, 0.3) is 0 Å². The van der Waals surface area contributed by atoms with Crippen molar-refractivity contribution in [3.05, 3.63) is 34.9 Å². The summed E-state index contributed by atoms with van der Waals surface area (Å²) in [4.78, 5) is 0. The molecule has 1 aromatic carbocycles. The molecule has 1 rings (SSSR count). The number of hydrogen-bond acceptors (Lipinski definition) is 3. The van der Waals surface area contributed by atoms with Gasteiger partial charge in [-0.25, -0.2) is 0 Å². The second-order valence-electron chi connectivity index (χ2n) is 5.01. The largest absolute Gasteiger partial charge is 0.379 e. The van der Waals surface area contributed by atoms with Crippen LogP contribution in [0.3, 0.4) is 0 Å². The zero-order valence-corrected chi connectivity index (χ0v) is 12.4. The van der Waals surface area contributed by atoms with Crippen LogP contribution < -0.4 is 5.73 Å². The summed E-state index contributed by atoms with van der Waals surface area (Å²) in [5.41, 5.74) is 9.79.